The van der Waals surface area contributed by atoms with Crippen molar-refractivity contribution in [2.45, 2.75) is 24.7 Å². The maximum Gasteiger partial charge on any atom is 0.265 e. The number of carbonyl (C=O) groups excluding carboxylic acids is 2. The first-order valence-electron chi connectivity index (χ1n) is 6.53. The third-order valence-corrected chi connectivity index (χ3v) is 5.62. The number of halogens is 1. The standard InChI is InChI=1S/C13H15BrN2O5S/c1-8(18)16-4-2-9-6-10(14)12(7-11(9)16)22(20,21)15-13(19)3-5-17/h6-7,17H,2-5H2,1H3,(H,15,19). The van der Waals surface area contributed by atoms with Gasteiger partial charge in [0.15, 0.2) is 0 Å². The molecule has 2 N–H and O–H groups in total. The molecule has 2 rings (SSSR count). The van der Waals surface area contributed by atoms with Crippen LogP contribution < -0.4 is 9.62 Å². The van der Waals surface area contributed by atoms with Crippen molar-refractivity contribution in [3.05, 3.63) is 22.2 Å². The minimum Gasteiger partial charge on any atom is -0.396 e. The van der Waals surface area contributed by atoms with Gasteiger partial charge in [0.25, 0.3) is 10.0 Å². The molecule has 1 aromatic rings. The minimum absolute atomic E-state index is 0.120. The van der Waals surface area contributed by atoms with Crippen LogP contribution in [0.2, 0.25) is 0 Å². The second-order valence-corrected chi connectivity index (χ2v) is 7.34. The fourth-order valence-electron chi connectivity index (χ4n) is 2.28. The zero-order chi connectivity index (χ0) is 16.5. The van der Waals surface area contributed by atoms with Gasteiger partial charge in [-0.2, -0.15) is 0 Å². The fourth-order valence-corrected chi connectivity index (χ4v) is 4.40. The molecular weight excluding hydrogens is 376 g/mol. The van der Waals surface area contributed by atoms with Crippen LogP contribution in [0.4, 0.5) is 5.69 Å². The number of amides is 2. The number of aliphatic hydroxyl groups is 1. The predicted octanol–water partition coefficient (Wildman–Crippen LogP) is 0.545. The third-order valence-electron chi connectivity index (χ3n) is 3.29. The number of nitrogens with one attached hydrogen (secondary N) is 1. The summed E-state index contributed by atoms with van der Waals surface area (Å²) in [7, 11) is -4.08. The largest absolute Gasteiger partial charge is 0.396 e. The highest BCUT2D eigenvalue weighted by molar-refractivity contribution is 9.10. The maximum atomic E-state index is 12.3. The Morgan fingerprint density at radius 2 is 2.09 bits per heavy atom. The van der Waals surface area contributed by atoms with E-state index in [-0.39, 0.29) is 17.2 Å². The van der Waals surface area contributed by atoms with Gasteiger partial charge in [-0.15, -0.1) is 0 Å². The maximum absolute atomic E-state index is 12.3. The van der Waals surface area contributed by atoms with Crippen LogP contribution in [-0.4, -0.2) is 38.5 Å². The Hall–Kier alpha value is -1.45. The smallest absolute Gasteiger partial charge is 0.265 e. The molecule has 0 saturated carbocycles. The van der Waals surface area contributed by atoms with Crippen molar-refractivity contribution in [1.82, 2.24) is 4.72 Å². The van der Waals surface area contributed by atoms with E-state index in [4.69, 9.17) is 5.11 Å². The summed E-state index contributed by atoms with van der Waals surface area (Å²) in [5.74, 6) is -0.966. The van der Waals surface area contributed by atoms with Crippen LogP contribution in [-0.2, 0) is 26.0 Å². The van der Waals surface area contributed by atoms with Crippen molar-refractivity contribution < 1.29 is 23.1 Å². The molecule has 0 radical (unpaired) electrons. The number of hydrogen-bond acceptors (Lipinski definition) is 5. The van der Waals surface area contributed by atoms with Gasteiger partial charge in [0.2, 0.25) is 11.8 Å². The number of nitrogens with zero attached hydrogens (tertiary/aromatic N) is 1. The zero-order valence-electron chi connectivity index (χ0n) is 11.8. The first kappa shape index (κ1) is 16.9. The molecule has 0 aromatic heterocycles. The van der Waals surface area contributed by atoms with Crippen LogP contribution in [0.5, 0.6) is 0 Å². The number of anilines is 1. The van der Waals surface area contributed by atoms with Crippen molar-refractivity contribution in [3.8, 4) is 0 Å². The Bertz CT molecular complexity index is 732. The summed E-state index contributed by atoms with van der Waals surface area (Å²) in [4.78, 5) is 24.4. The molecule has 7 nitrogen and oxygen atoms in total. The Morgan fingerprint density at radius 1 is 1.41 bits per heavy atom. The summed E-state index contributed by atoms with van der Waals surface area (Å²) in [6.07, 6.45) is 0.339. The van der Waals surface area contributed by atoms with Crippen molar-refractivity contribution >= 4 is 43.5 Å². The molecular formula is C13H15BrN2O5S. The predicted molar refractivity (Wildman–Crippen MR) is 82.9 cm³/mol. The molecule has 22 heavy (non-hydrogen) atoms. The van der Waals surface area contributed by atoms with Crippen LogP contribution >= 0.6 is 15.9 Å². The van der Waals surface area contributed by atoms with Gasteiger partial charge in [0.1, 0.15) is 4.90 Å². The Kier molecular flexibility index (Phi) is 4.88. The van der Waals surface area contributed by atoms with Crippen LogP contribution in [0.15, 0.2) is 21.5 Å². The van der Waals surface area contributed by atoms with Crippen molar-refractivity contribution in [1.29, 1.82) is 0 Å². The molecule has 1 aliphatic heterocycles. The molecule has 1 aliphatic rings. The number of aliphatic hydroxyl groups excluding tert-OH is 1. The molecule has 0 fully saturated rings. The summed E-state index contributed by atoms with van der Waals surface area (Å²) in [6.45, 7) is 1.47. The average molecular weight is 391 g/mol. The minimum atomic E-state index is -4.08. The van der Waals surface area contributed by atoms with E-state index in [0.29, 0.717) is 23.1 Å². The summed E-state index contributed by atoms with van der Waals surface area (Å²) in [6, 6.07) is 3.02. The van der Waals surface area contributed by atoms with Gasteiger partial charge in [0, 0.05) is 23.6 Å². The Balaban J connectivity index is 2.42. The van der Waals surface area contributed by atoms with Crippen LogP contribution in [0, 0.1) is 0 Å². The molecule has 120 valence electrons. The van der Waals surface area contributed by atoms with Gasteiger partial charge in [-0.25, -0.2) is 13.1 Å². The highest BCUT2D eigenvalue weighted by atomic mass is 79.9. The zero-order valence-corrected chi connectivity index (χ0v) is 14.2. The fraction of sp³-hybridized carbons (Fsp3) is 0.385. The molecule has 0 atom stereocenters. The first-order chi connectivity index (χ1) is 10.3. The highest BCUT2D eigenvalue weighted by Gasteiger charge is 2.28. The van der Waals surface area contributed by atoms with Gasteiger partial charge in [-0.05, 0) is 40.0 Å². The van der Waals surface area contributed by atoms with E-state index in [1.54, 1.807) is 6.07 Å². The second-order valence-electron chi connectivity index (χ2n) is 4.83. The number of sulfonamides is 1. The Morgan fingerprint density at radius 3 is 2.68 bits per heavy atom. The van der Waals surface area contributed by atoms with Gasteiger partial charge in [0.05, 0.1) is 13.0 Å². The number of benzene rings is 1. The lowest BCUT2D eigenvalue weighted by Gasteiger charge is -2.16. The molecule has 0 bridgehead atoms. The Labute approximate surface area is 136 Å². The highest BCUT2D eigenvalue weighted by Crippen LogP contribution is 2.35. The topological polar surface area (TPSA) is 104 Å². The van der Waals surface area contributed by atoms with Crippen LogP contribution in [0.25, 0.3) is 0 Å². The number of hydrogen-bond donors (Lipinski definition) is 2. The second kappa shape index (κ2) is 6.35. The summed E-state index contributed by atoms with van der Waals surface area (Å²) < 4.78 is 26.7. The molecule has 0 saturated heterocycles. The monoisotopic (exact) mass is 390 g/mol. The van der Waals surface area contributed by atoms with Gasteiger partial charge in [-0.3, -0.25) is 9.59 Å². The van der Waals surface area contributed by atoms with E-state index in [1.165, 1.54) is 17.9 Å². The van der Waals surface area contributed by atoms with E-state index in [2.05, 4.69) is 15.9 Å². The number of rotatable bonds is 4. The summed E-state index contributed by atoms with van der Waals surface area (Å²) in [5, 5.41) is 8.67. The lowest BCUT2D eigenvalue weighted by atomic mass is 10.2. The number of carbonyl (C=O) groups is 2. The third kappa shape index (κ3) is 3.31. The molecule has 1 aromatic carbocycles. The molecule has 0 aliphatic carbocycles. The van der Waals surface area contributed by atoms with E-state index in [1.807, 2.05) is 4.72 Å². The van der Waals surface area contributed by atoms with E-state index < -0.39 is 22.5 Å². The lowest BCUT2D eigenvalue weighted by Crippen LogP contribution is -2.31. The van der Waals surface area contributed by atoms with Gasteiger partial charge in [-0.1, -0.05) is 0 Å². The van der Waals surface area contributed by atoms with E-state index in [0.717, 1.165) is 5.56 Å². The van der Waals surface area contributed by atoms with Crippen LogP contribution in [0.3, 0.4) is 0 Å². The van der Waals surface area contributed by atoms with E-state index >= 15 is 0 Å². The van der Waals surface area contributed by atoms with Crippen molar-refractivity contribution in [2.24, 2.45) is 0 Å². The molecule has 1 heterocycles. The molecule has 2 amide bonds. The lowest BCUT2D eigenvalue weighted by molar-refractivity contribution is -0.120. The first-order valence-corrected chi connectivity index (χ1v) is 8.81. The summed E-state index contributed by atoms with van der Waals surface area (Å²) >= 11 is 3.19. The van der Waals surface area contributed by atoms with Gasteiger partial charge < -0.3 is 10.0 Å². The average Bonchev–Trinajstić information content (AvgIpc) is 2.79. The number of fused-ring (bicyclic) bond motifs is 1. The van der Waals surface area contributed by atoms with Gasteiger partial charge >= 0.3 is 0 Å². The van der Waals surface area contributed by atoms with Crippen molar-refractivity contribution in [3.63, 3.8) is 0 Å². The quantitative estimate of drug-likeness (QED) is 0.780. The van der Waals surface area contributed by atoms with Crippen molar-refractivity contribution in [2.75, 3.05) is 18.1 Å². The molecule has 0 spiro atoms. The molecule has 9 heteroatoms. The van der Waals surface area contributed by atoms with E-state index in [9.17, 15) is 18.0 Å². The summed E-state index contributed by atoms with van der Waals surface area (Å²) in [5.41, 5.74) is 1.40. The SMILES string of the molecule is CC(=O)N1CCc2cc(Br)c(S(=O)(=O)NC(=O)CCO)cc21. The van der Waals surface area contributed by atoms with Crippen LogP contribution in [0.1, 0.15) is 18.9 Å². The molecule has 0 unspecified atom stereocenters. The normalized spacial score (nSPS) is 13.9.